The predicted molar refractivity (Wildman–Crippen MR) is 135 cm³/mol. The number of halogens is 1. The number of hydrogen-bond donors (Lipinski definition) is 3. The number of nitrogens with one attached hydrogen (secondary N) is 1. The van der Waals surface area contributed by atoms with E-state index in [9.17, 15) is 14.6 Å². The number of aliphatic hydroxyl groups is 2. The van der Waals surface area contributed by atoms with E-state index in [-0.39, 0.29) is 12.4 Å². The van der Waals surface area contributed by atoms with Crippen LogP contribution in [0.5, 0.6) is 0 Å². The van der Waals surface area contributed by atoms with Crippen LogP contribution in [-0.4, -0.2) is 36.6 Å². The molecule has 3 aromatic heterocycles. The van der Waals surface area contributed by atoms with Crippen molar-refractivity contribution >= 4 is 54.0 Å². The fraction of sp³-hybridized carbons (Fsp3) is 0.115. The topological polar surface area (TPSA) is 96.1 Å². The Balaban J connectivity index is 1.34. The van der Waals surface area contributed by atoms with Gasteiger partial charge < -0.3 is 15.5 Å². The number of nitrogens with zero attached hydrogens (tertiary/aromatic N) is 4. The van der Waals surface area contributed by atoms with Crippen LogP contribution in [0.4, 0.5) is 15.9 Å². The van der Waals surface area contributed by atoms with Gasteiger partial charge in [-0.25, -0.2) is 14.4 Å². The van der Waals surface area contributed by atoms with Crippen molar-refractivity contribution in [2.45, 2.75) is 12.6 Å². The molecule has 0 amide bonds. The zero-order valence-corrected chi connectivity index (χ0v) is 19.2. The fourth-order valence-electron chi connectivity index (χ4n) is 4.27. The number of aromatic nitrogens is 4. The lowest BCUT2D eigenvalue weighted by molar-refractivity contribution is 0.0957. The van der Waals surface area contributed by atoms with Crippen molar-refractivity contribution in [3.8, 4) is 0 Å². The molecule has 6 rings (SSSR count). The number of thiophene rings is 1. The Kier molecular flexibility index (Phi) is 5.37. The van der Waals surface area contributed by atoms with Gasteiger partial charge in [-0.15, -0.1) is 11.3 Å². The Bertz CT molecular complexity index is 1700. The quantitative estimate of drug-likeness (QED) is 0.302. The molecule has 0 radical (unpaired) electrons. The van der Waals surface area contributed by atoms with Gasteiger partial charge in [0.05, 0.1) is 30.3 Å². The van der Waals surface area contributed by atoms with Crippen molar-refractivity contribution in [1.82, 2.24) is 19.7 Å². The third kappa shape index (κ3) is 3.99. The van der Waals surface area contributed by atoms with Crippen LogP contribution in [0, 0.1) is 5.82 Å². The summed E-state index contributed by atoms with van der Waals surface area (Å²) in [6, 6.07) is 18.1. The number of anilines is 2. The van der Waals surface area contributed by atoms with Crippen LogP contribution in [0.3, 0.4) is 0 Å². The van der Waals surface area contributed by atoms with Crippen LogP contribution in [-0.2, 0) is 6.54 Å². The molecule has 0 aliphatic rings. The van der Waals surface area contributed by atoms with E-state index in [4.69, 9.17) is 0 Å². The maximum absolute atomic E-state index is 13.6. The Hall–Kier alpha value is -3.92. The number of aliphatic hydroxyl groups excluding tert-OH is 2. The molecule has 0 aliphatic carbocycles. The van der Waals surface area contributed by atoms with Crippen LogP contribution in [0.15, 0.2) is 73.2 Å². The molecular weight excluding hydrogens is 465 g/mol. The fourth-order valence-corrected chi connectivity index (χ4v) is 5.36. The molecule has 3 N–H and O–H groups in total. The van der Waals surface area contributed by atoms with Gasteiger partial charge in [0, 0.05) is 21.2 Å². The molecule has 0 bridgehead atoms. The van der Waals surface area contributed by atoms with E-state index < -0.39 is 6.10 Å². The molecule has 0 spiro atoms. The SMILES string of the molecule is OCC(O)c1ccc2c(c1)sc1ncnc(Nc3ccc4c(cnn4Cc4cccc(F)c4)c3)c12. The molecule has 9 heteroatoms. The van der Waals surface area contributed by atoms with E-state index in [0.717, 1.165) is 42.5 Å². The predicted octanol–water partition coefficient (Wildman–Crippen LogP) is 5.15. The summed E-state index contributed by atoms with van der Waals surface area (Å²) in [5.41, 5.74) is 3.31. The first-order valence-corrected chi connectivity index (χ1v) is 11.8. The van der Waals surface area contributed by atoms with Crippen LogP contribution in [0.2, 0.25) is 0 Å². The van der Waals surface area contributed by atoms with E-state index >= 15 is 0 Å². The summed E-state index contributed by atoms with van der Waals surface area (Å²) in [7, 11) is 0. The monoisotopic (exact) mass is 485 g/mol. The minimum Gasteiger partial charge on any atom is -0.393 e. The van der Waals surface area contributed by atoms with E-state index in [2.05, 4.69) is 20.4 Å². The lowest BCUT2D eigenvalue weighted by Crippen LogP contribution is -2.01. The molecule has 6 aromatic rings. The molecule has 0 fully saturated rings. The van der Waals surface area contributed by atoms with Gasteiger partial charge >= 0.3 is 0 Å². The van der Waals surface area contributed by atoms with Crippen molar-refractivity contribution in [2.24, 2.45) is 0 Å². The van der Waals surface area contributed by atoms with Gasteiger partial charge in [-0.2, -0.15) is 5.10 Å². The second kappa shape index (κ2) is 8.70. The van der Waals surface area contributed by atoms with Gasteiger partial charge in [0.1, 0.15) is 28.9 Å². The normalized spacial score (nSPS) is 12.5. The van der Waals surface area contributed by atoms with Crippen LogP contribution >= 0.6 is 11.3 Å². The Morgan fingerprint density at radius 2 is 1.97 bits per heavy atom. The number of fused-ring (bicyclic) bond motifs is 4. The number of hydrogen-bond acceptors (Lipinski definition) is 7. The first kappa shape index (κ1) is 21.6. The van der Waals surface area contributed by atoms with Crippen molar-refractivity contribution in [2.75, 3.05) is 11.9 Å². The van der Waals surface area contributed by atoms with E-state index in [0.29, 0.717) is 17.9 Å². The summed E-state index contributed by atoms with van der Waals surface area (Å²) in [6.45, 7) is 0.152. The standard InChI is InChI=1S/C26H20FN5O2S/c27-18-3-1-2-15(8-18)12-32-21-7-5-19(9-17(21)11-30-32)31-25-24-20-6-4-16(22(34)13-33)10-23(20)35-26(24)29-14-28-25/h1-11,14,22,33-34H,12-13H2,(H,28,29,31). The minimum absolute atomic E-state index is 0.261. The molecule has 7 nitrogen and oxygen atoms in total. The van der Waals surface area contributed by atoms with Crippen molar-refractivity contribution in [3.05, 3.63) is 90.1 Å². The average Bonchev–Trinajstić information content (AvgIpc) is 3.44. The van der Waals surface area contributed by atoms with Gasteiger partial charge in [0.15, 0.2) is 0 Å². The lowest BCUT2D eigenvalue weighted by Gasteiger charge is -2.09. The summed E-state index contributed by atoms with van der Waals surface area (Å²) in [5.74, 6) is 0.423. The van der Waals surface area contributed by atoms with Gasteiger partial charge in [-0.05, 0) is 47.5 Å². The van der Waals surface area contributed by atoms with E-state index in [1.807, 2.05) is 47.1 Å². The first-order valence-electron chi connectivity index (χ1n) is 11.0. The summed E-state index contributed by atoms with van der Waals surface area (Å²) in [4.78, 5) is 9.75. The molecule has 1 atom stereocenters. The molecular formula is C26H20FN5O2S. The zero-order valence-electron chi connectivity index (χ0n) is 18.4. The molecule has 3 heterocycles. The summed E-state index contributed by atoms with van der Waals surface area (Å²) < 4.78 is 16.4. The van der Waals surface area contributed by atoms with Gasteiger partial charge in [-0.3, -0.25) is 4.68 Å². The second-order valence-electron chi connectivity index (χ2n) is 8.29. The Morgan fingerprint density at radius 1 is 1.06 bits per heavy atom. The third-order valence-corrected chi connectivity index (χ3v) is 7.04. The largest absolute Gasteiger partial charge is 0.393 e. The molecule has 3 aromatic carbocycles. The number of rotatable bonds is 6. The Labute approximate surface area is 203 Å². The smallest absolute Gasteiger partial charge is 0.143 e. The molecule has 1 unspecified atom stereocenters. The Morgan fingerprint density at radius 3 is 2.83 bits per heavy atom. The highest BCUT2D eigenvalue weighted by atomic mass is 32.1. The van der Waals surface area contributed by atoms with Crippen LogP contribution in [0.25, 0.3) is 31.2 Å². The lowest BCUT2D eigenvalue weighted by atomic mass is 10.1. The molecule has 0 saturated heterocycles. The summed E-state index contributed by atoms with van der Waals surface area (Å²) in [5, 5.41) is 30.0. The molecule has 35 heavy (non-hydrogen) atoms. The highest BCUT2D eigenvalue weighted by molar-refractivity contribution is 7.25. The third-order valence-electron chi connectivity index (χ3n) is 5.98. The van der Waals surface area contributed by atoms with E-state index in [1.54, 1.807) is 12.3 Å². The van der Waals surface area contributed by atoms with Crippen LogP contribution in [0.1, 0.15) is 17.2 Å². The van der Waals surface area contributed by atoms with Crippen LogP contribution < -0.4 is 5.32 Å². The minimum atomic E-state index is -0.915. The first-order chi connectivity index (χ1) is 17.1. The zero-order chi connectivity index (χ0) is 23.9. The number of benzene rings is 3. The van der Waals surface area contributed by atoms with Crippen molar-refractivity contribution < 1.29 is 14.6 Å². The van der Waals surface area contributed by atoms with E-state index in [1.165, 1.54) is 29.8 Å². The highest BCUT2D eigenvalue weighted by Crippen LogP contribution is 2.38. The van der Waals surface area contributed by atoms with Gasteiger partial charge in [0.25, 0.3) is 0 Å². The average molecular weight is 486 g/mol. The summed E-state index contributed by atoms with van der Waals surface area (Å²) in [6.07, 6.45) is 2.41. The van der Waals surface area contributed by atoms with Gasteiger partial charge in [0.2, 0.25) is 0 Å². The highest BCUT2D eigenvalue weighted by Gasteiger charge is 2.15. The molecule has 0 aliphatic heterocycles. The maximum atomic E-state index is 13.6. The molecule has 174 valence electrons. The van der Waals surface area contributed by atoms with Gasteiger partial charge in [-0.1, -0.05) is 24.3 Å². The van der Waals surface area contributed by atoms with Crippen molar-refractivity contribution in [3.63, 3.8) is 0 Å². The molecule has 0 saturated carbocycles. The summed E-state index contributed by atoms with van der Waals surface area (Å²) >= 11 is 1.51. The maximum Gasteiger partial charge on any atom is 0.143 e. The van der Waals surface area contributed by atoms with Crippen molar-refractivity contribution in [1.29, 1.82) is 0 Å². The second-order valence-corrected chi connectivity index (χ2v) is 9.32.